The lowest BCUT2D eigenvalue weighted by Gasteiger charge is -2.41. The minimum atomic E-state index is -6.09. The van der Waals surface area contributed by atoms with E-state index in [-0.39, 0.29) is 0 Å². The fraction of sp³-hybridized carbons (Fsp3) is 0.391. The minimum absolute atomic E-state index is 0.609. The Hall–Kier alpha value is -2.16. The third kappa shape index (κ3) is 8.12. The van der Waals surface area contributed by atoms with Crippen molar-refractivity contribution in [1.29, 1.82) is 0 Å². The van der Waals surface area contributed by atoms with Gasteiger partial charge >= 0.3 is 5.51 Å². The van der Waals surface area contributed by atoms with Crippen LogP contribution in [0.1, 0.15) is 36.8 Å². The highest BCUT2D eigenvalue weighted by Crippen LogP contribution is 2.27. The van der Waals surface area contributed by atoms with Crippen molar-refractivity contribution in [3.63, 3.8) is 0 Å². The highest BCUT2D eigenvalue weighted by Gasteiger charge is 2.37. The quantitative estimate of drug-likeness (QED) is 0.263. The van der Waals surface area contributed by atoms with Crippen molar-refractivity contribution in [3.05, 3.63) is 83.9 Å². The number of benzene rings is 2. The molecule has 0 fully saturated rings. The fourth-order valence-electron chi connectivity index (χ4n) is 3.78. The largest absolute Gasteiger partial charge is 0.741 e. The van der Waals surface area contributed by atoms with E-state index in [2.05, 4.69) is 79.9 Å². The zero-order valence-corrected chi connectivity index (χ0v) is 18.3. The molecule has 0 bridgehead atoms. The summed E-state index contributed by atoms with van der Waals surface area (Å²) in [6.45, 7) is 2.18. The predicted molar refractivity (Wildman–Crippen MR) is 114 cm³/mol. The zero-order valence-electron chi connectivity index (χ0n) is 17.5. The van der Waals surface area contributed by atoms with Crippen LogP contribution >= 0.6 is 0 Å². The van der Waals surface area contributed by atoms with Gasteiger partial charge in [0, 0.05) is 17.5 Å². The number of hydrogen-bond acceptors (Lipinski definition) is 3. The number of likely N-dealkylation sites (N-methyl/N-ethyl adjacent to an activating group) is 1. The van der Waals surface area contributed by atoms with Gasteiger partial charge in [0.25, 0.3) is 0 Å². The molecular formula is C23H28F3NO3S. The van der Waals surface area contributed by atoms with Gasteiger partial charge in [-0.2, -0.15) is 13.2 Å². The van der Waals surface area contributed by atoms with Gasteiger partial charge in [0.05, 0.1) is 7.05 Å². The molecule has 1 aliphatic carbocycles. The van der Waals surface area contributed by atoms with Crippen LogP contribution in [-0.4, -0.2) is 36.1 Å². The van der Waals surface area contributed by atoms with Crippen molar-refractivity contribution in [3.8, 4) is 0 Å². The van der Waals surface area contributed by atoms with Gasteiger partial charge in [0.2, 0.25) is 0 Å². The van der Waals surface area contributed by atoms with Crippen molar-refractivity contribution < 1.29 is 30.6 Å². The Kier molecular flexibility index (Phi) is 8.85. The number of quaternary nitrogens is 1. The second-order valence-corrected chi connectivity index (χ2v) is 9.32. The topological polar surface area (TPSA) is 57.2 Å². The lowest BCUT2D eigenvalue weighted by Crippen LogP contribution is -2.49. The number of allylic oxidation sites excluding steroid dienone is 1. The van der Waals surface area contributed by atoms with E-state index in [0.717, 1.165) is 17.6 Å². The molecule has 4 nitrogen and oxygen atoms in total. The van der Waals surface area contributed by atoms with Gasteiger partial charge in [0.1, 0.15) is 19.1 Å². The Morgan fingerprint density at radius 3 is 1.81 bits per heavy atom. The van der Waals surface area contributed by atoms with Crippen LogP contribution in [0.4, 0.5) is 13.2 Å². The SMILES string of the molecule is C[N+](Cc1ccccc1)(Cc1ccccc1)C1C=CCCCC1.O=S(=O)([O-])C(F)(F)F. The Bertz CT molecular complexity index is 888. The molecule has 3 rings (SSSR count). The molecule has 1 aliphatic rings. The molecule has 0 heterocycles. The number of hydrogen-bond donors (Lipinski definition) is 0. The smallest absolute Gasteiger partial charge is 0.485 e. The van der Waals surface area contributed by atoms with Gasteiger partial charge in [-0.25, -0.2) is 8.42 Å². The third-order valence-corrected chi connectivity index (χ3v) is 5.90. The summed E-state index contributed by atoms with van der Waals surface area (Å²) in [6.07, 6.45) is 10.1. The summed E-state index contributed by atoms with van der Waals surface area (Å²) in [5, 5.41) is 0. The van der Waals surface area contributed by atoms with E-state index in [9.17, 15) is 13.2 Å². The summed E-state index contributed by atoms with van der Waals surface area (Å²) < 4.78 is 60.0. The van der Waals surface area contributed by atoms with Crippen LogP contribution in [0.3, 0.4) is 0 Å². The van der Waals surface area contributed by atoms with Gasteiger partial charge in [-0.3, -0.25) is 0 Å². The van der Waals surface area contributed by atoms with Crippen molar-refractivity contribution in [2.45, 2.75) is 50.3 Å². The summed E-state index contributed by atoms with van der Waals surface area (Å²) >= 11 is 0. The van der Waals surface area contributed by atoms with E-state index in [1.807, 2.05) is 0 Å². The maximum atomic E-state index is 10.7. The molecule has 2 aromatic rings. The number of halogens is 3. The number of alkyl halides is 3. The lowest BCUT2D eigenvalue weighted by molar-refractivity contribution is -0.952. The first-order valence-corrected chi connectivity index (χ1v) is 11.5. The van der Waals surface area contributed by atoms with E-state index < -0.39 is 15.6 Å². The maximum absolute atomic E-state index is 10.7. The molecule has 0 aliphatic heterocycles. The average molecular weight is 456 g/mol. The van der Waals surface area contributed by atoms with Crippen LogP contribution in [0.5, 0.6) is 0 Å². The Morgan fingerprint density at radius 2 is 1.39 bits per heavy atom. The second kappa shape index (κ2) is 10.9. The van der Waals surface area contributed by atoms with Crippen LogP contribution in [0.2, 0.25) is 0 Å². The standard InChI is InChI=1S/C22H28N.CHF3O3S/c1-23(18-20-12-6-4-7-13-20,19-21-14-8-5-9-15-21)22-16-10-2-3-11-17-22;2-1(3,4)8(5,6)7/h4-10,12-16,22H,2-3,11,17-19H2,1H3;(H,5,6,7)/q+1;/p-1. The molecule has 1 unspecified atom stereocenters. The van der Waals surface area contributed by atoms with E-state index >= 15 is 0 Å². The van der Waals surface area contributed by atoms with Crippen LogP contribution in [0.15, 0.2) is 72.8 Å². The fourth-order valence-corrected chi connectivity index (χ4v) is 3.78. The molecule has 0 N–H and O–H groups in total. The summed E-state index contributed by atoms with van der Waals surface area (Å²) in [5.74, 6) is 0. The maximum Gasteiger partial charge on any atom is 0.485 e. The molecule has 170 valence electrons. The molecule has 0 spiro atoms. The Morgan fingerprint density at radius 1 is 0.935 bits per heavy atom. The lowest BCUT2D eigenvalue weighted by atomic mass is 10.0. The summed E-state index contributed by atoms with van der Waals surface area (Å²) in [5.41, 5.74) is -2.78. The summed E-state index contributed by atoms with van der Waals surface area (Å²) in [7, 11) is -3.66. The molecular weight excluding hydrogens is 427 g/mol. The number of nitrogens with zero attached hydrogens (tertiary/aromatic N) is 1. The number of rotatable bonds is 5. The van der Waals surface area contributed by atoms with Gasteiger partial charge in [0.15, 0.2) is 10.1 Å². The first-order valence-electron chi connectivity index (χ1n) is 10.1. The second-order valence-electron chi connectivity index (χ2n) is 7.95. The van der Waals surface area contributed by atoms with E-state index in [1.54, 1.807) is 0 Å². The van der Waals surface area contributed by atoms with Crippen LogP contribution < -0.4 is 0 Å². The molecule has 0 aromatic heterocycles. The molecule has 31 heavy (non-hydrogen) atoms. The van der Waals surface area contributed by atoms with Crippen LogP contribution in [0.25, 0.3) is 0 Å². The first-order chi connectivity index (χ1) is 14.5. The van der Waals surface area contributed by atoms with Crippen LogP contribution in [-0.2, 0) is 23.2 Å². The van der Waals surface area contributed by atoms with Gasteiger partial charge in [-0.15, -0.1) is 0 Å². The van der Waals surface area contributed by atoms with E-state index in [4.69, 9.17) is 13.0 Å². The van der Waals surface area contributed by atoms with Crippen molar-refractivity contribution >= 4 is 10.1 Å². The van der Waals surface area contributed by atoms with Gasteiger partial charge in [-0.1, -0.05) is 66.7 Å². The van der Waals surface area contributed by atoms with Gasteiger partial charge in [-0.05, 0) is 25.3 Å². The minimum Gasteiger partial charge on any atom is -0.741 e. The van der Waals surface area contributed by atoms with Crippen LogP contribution in [0, 0.1) is 0 Å². The molecule has 0 saturated heterocycles. The molecule has 1 atom stereocenters. The van der Waals surface area contributed by atoms with Crippen molar-refractivity contribution in [2.75, 3.05) is 7.05 Å². The molecule has 0 saturated carbocycles. The third-order valence-electron chi connectivity index (χ3n) is 5.34. The normalized spacial score (nSPS) is 17.4. The van der Waals surface area contributed by atoms with Crippen molar-refractivity contribution in [1.82, 2.24) is 0 Å². The molecule has 0 radical (unpaired) electrons. The molecule has 8 heteroatoms. The highest BCUT2D eigenvalue weighted by atomic mass is 32.2. The van der Waals surface area contributed by atoms with Gasteiger partial charge < -0.3 is 9.04 Å². The molecule has 0 amide bonds. The Labute approximate surface area is 182 Å². The van der Waals surface area contributed by atoms with Crippen molar-refractivity contribution in [2.24, 2.45) is 0 Å². The highest BCUT2D eigenvalue weighted by molar-refractivity contribution is 7.86. The predicted octanol–water partition coefficient (Wildman–Crippen LogP) is 5.38. The van der Waals surface area contributed by atoms with E-state index in [1.165, 1.54) is 36.8 Å². The molecule has 2 aromatic carbocycles. The summed E-state index contributed by atoms with van der Waals surface area (Å²) in [6, 6.07) is 22.5. The summed E-state index contributed by atoms with van der Waals surface area (Å²) in [4.78, 5) is 0. The zero-order chi connectivity index (χ0) is 23.0. The Balaban J connectivity index is 0.000000366. The monoisotopic (exact) mass is 455 g/mol. The van der Waals surface area contributed by atoms with E-state index in [0.29, 0.717) is 6.04 Å². The first kappa shape index (κ1) is 25.1. The average Bonchev–Trinajstić information content (AvgIpc) is 2.98.